The molecule has 12 nitrogen and oxygen atoms in total. The first-order chi connectivity index (χ1) is 21.9. The molecule has 16 heteroatoms. The third-order valence-electron chi connectivity index (χ3n) is 8.96. The summed E-state index contributed by atoms with van der Waals surface area (Å²) in [6, 6.07) is 2.69. The van der Waals surface area contributed by atoms with E-state index in [1.54, 1.807) is 13.8 Å². The molecular weight excluding hydrogens is 627 g/mol. The number of nitrogens with zero attached hydrogens (tertiary/aromatic N) is 5. The van der Waals surface area contributed by atoms with Crippen LogP contribution in [0, 0.1) is 11.2 Å². The topological polar surface area (TPSA) is 129 Å². The zero-order chi connectivity index (χ0) is 33.1. The Morgan fingerprint density at radius 2 is 1.93 bits per heavy atom. The fourth-order valence-corrected chi connectivity index (χ4v) is 7.12. The van der Waals surface area contributed by atoms with Crippen molar-refractivity contribution < 1.29 is 35.9 Å². The number of amides is 1. The standard InChI is InChI=1S/C30H42F3N7O5S/c1-20(2)40(15-27(32)33)29(41)24-12-21(31)4-7-25(24)45-26-13-35-19-36-28(26)39-17-30(18-39)8-10-38(11-9-30)14-23-6-5-22(16-44-23)37-46(42,43)34-3/h4,7,12-13,19-20,22-23,27,34,37H,5-6,8-11,14-18H2,1-3H3/t22-,23+/m1/s1. The number of carbonyl (C=O) groups excluding carboxylic acids is 1. The number of piperidine rings is 1. The first-order valence-electron chi connectivity index (χ1n) is 15.5. The molecule has 5 rings (SSSR count). The second kappa shape index (κ2) is 14.4. The summed E-state index contributed by atoms with van der Waals surface area (Å²) in [5.74, 6) is -0.590. The van der Waals surface area contributed by atoms with Crippen LogP contribution in [0.15, 0.2) is 30.7 Å². The minimum absolute atomic E-state index is 0.0293. The average molecular weight is 670 g/mol. The molecule has 3 aliphatic heterocycles. The fourth-order valence-electron chi connectivity index (χ4n) is 6.38. The lowest BCUT2D eigenvalue weighted by atomic mass is 9.72. The van der Waals surface area contributed by atoms with Crippen LogP contribution in [0.4, 0.5) is 19.0 Å². The fraction of sp³-hybridized carbons (Fsp3) is 0.633. The number of anilines is 1. The van der Waals surface area contributed by atoms with Crippen LogP contribution in [-0.4, -0.2) is 112 Å². The van der Waals surface area contributed by atoms with Crippen LogP contribution in [0.5, 0.6) is 11.5 Å². The average Bonchev–Trinajstić information content (AvgIpc) is 3.01. The van der Waals surface area contributed by atoms with Gasteiger partial charge in [-0.1, -0.05) is 0 Å². The predicted molar refractivity (Wildman–Crippen MR) is 165 cm³/mol. The molecule has 2 atom stereocenters. The Labute approximate surface area is 267 Å². The number of ether oxygens (including phenoxy) is 2. The Hall–Kier alpha value is -3.05. The summed E-state index contributed by atoms with van der Waals surface area (Å²) in [5.41, 5.74) is -0.0412. The van der Waals surface area contributed by atoms with Crippen molar-refractivity contribution in [3.63, 3.8) is 0 Å². The maximum absolute atomic E-state index is 14.2. The van der Waals surface area contributed by atoms with Crippen LogP contribution in [-0.2, 0) is 14.9 Å². The van der Waals surface area contributed by atoms with Gasteiger partial charge in [0.05, 0.1) is 31.0 Å². The van der Waals surface area contributed by atoms with E-state index in [9.17, 15) is 26.4 Å². The number of carbonyl (C=O) groups is 1. The third-order valence-corrected chi connectivity index (χ3v) is 10.1. The van der Waals surface area contributed by atoms with E-state index < -0.39 is 40.9 Å². The van der Waals surface area contributed by atoms with Crippen molar-refractivity contribution in [2.75, 3.05) is 57.8 Å². The maximum atomic E-state index is 14.2. The normalized spacial score (nSPS) is 21.9. The summed E-state index contributed by atoms with van der Waals surface area (Å²) in [4.78, 5) is 27.3. The Balaban J connectivity index is 1.17. The second-order valence-electron chi connectivity index (χ2n) is 12.6. The van der Waals surface area contributed by atoms with Crippen molar-refractivity contribution >= 4 is 21.9 Å². The SMILES string of the molecule is CNS(=O)(=O)N[C@@H]1CC[C@@H](CN2CCC3(CC2)CN(c2ncncc2Oc2ccc(F)cc2C(=O)N(CC(F)F)C(C)C)C3)OC1. The molecule has 254 valence electrons. The van der Waals surface area contributed by atoms with Crippen molar-refractivity contribution in [1.82, 2.24) is 29.2 Å². The zero-order valence-corrected chi connectivity index (χ0v) is 27.1. The number of alkyl halides is 2. The minimum Gasteiger partial charge on any atom is -0.451 e. The van der Waals surface area contributed by atoms with Gasteiger partial charge in [0.25, 0.3) is 22.5 Å². The number of likely N-dealkylation sites (tertiary alicyclic amines) is 1. The second-order valence-corrected chi connectivity index (χ2v) is 14.3. The van der Waals surface area contributed by atoms with Gasteiger partial charge in [0.1, 0.15) is 17.9 Å². The van der Waals surface area contributed by atoms with Crippen molar-refractivity contribution in [2.24, 2.45) is 5.41 Å². The number of hydrogen-bond acceptors (Lipinski definition) is 9. The van der Waals surface area contributed by atoms with E-state index in [0.29, 0.717) is 12.4 Å². The number of hydrogen-bond donors (Lipinski definition) is 2. The Morgan fingerprint density at radius 3 is 2.57 bits per heavy atom. The monoisotopic (exact) mass is 669 g/mol. The molecule has 1 spiro atoms. The number of rotatable bonds is 12. The van der Waals surface area contributed by atoms with Crippen LogP contribution < -0.4 is 19.1 Å². The Bertz CT molecular complexity index is 1460. The van der Waals surface area contributed by atoms with E-state index in [4.69, 9.17) is 9.47 Å². The van der Waals surface area contributed by atoms with Crippen molar-refractivity contribution in [3.05, 3.63) is 42.1 Å². The van der Waals surface area contributed by atoms with E-state index in [0.717, 1.165) is 75.4 Å². The molecule has 0 radical (unpaired) electrons. The number of aromatic nitrogens is 2. The van der Waals surface area contributed by atoms with Gasteiger partial charge in [-0.3, -0.25) is 4.79 Å². The molecule has 0 saturated carbocycles. The van der Waals surface area contributed by atoms with E-state index in [1.807, 2.05) is 0 Å². The zero-order valence-electron chi connectivity index (χ0n) is 26.3. The van der Waals surface area contributed by atoms with Crippen molar-refractivity contribution in [2.45, 2.75) is 64.1 Å². The van der Waals surface area contributed by atoms with Crippen LogP contribution in [0.25, 0.3) is 0 Å². The van der Waals surface area contributed by atoms with Gasteiger partial charge in [-0.2, -0.15) is 13.1 Å². The smallest absolute Gasteiger partial charge is 0.276 e. The van der Waals surface area contributed by atoms with Gasteiger partial charge >= 0.3 is 0 Å². The molecule has 0 aliphatic carbocycles. The van der Waals surface area contributed by atoms with Gasteiger partial charge < -0.3 is 24.2 Å². The summed E-state index contributed by atoms with van der Waals surface area (Å²) in [7, 11) is -2.12. The lowest BCUT2D eigenvalue weighted by Crippen LogP contribution is -2.61. The molecule has 46 heavy (non-hydrogen) atoms. The molecular formula is C30H42F3N7O5S. The first kappa shape index (κ1) is 34.3. The Kier molecular flexibility index (Phi) is 10.7. The molecule has 0 bridgehead atoms. The van der Waals surface area contributed by atoms with E-state index >= 15 is 0 Å². The third kappa shape index (κ3) is 8.26. The lowest BCUT2D eigenvalue weighted by Gasteiger charge is -2.54. The predicted octanol–water partition coefficient (Wildman–Crippen LogP) is 3.03. The van der Waals surface area contributed by atoms with Crippen LogP contribution in [0.2, 0.25) is 0 Å². The lowest BCUT2D eigenvalue weighted by molar-refractivity contribution is -0.0299. The van der Waals surface area contributed by atoms with Gasteiger partial charge in [-0.25, -0.2) is 27.9 Å². The Morgan fingerprint density at radius 1 is 1.20 bits per heavy atom. The van der Waals surface area contributed by atoms with Crippen molar-refractivity contribution in [3.8, 4) is 11.5 Å². The number of halogens is 3. The molecule has 1 aromatic heterocycles. The number of nitrogens with one attached hydrogen (secondary N) is 2. The summed E-state index contributed by atoms with van der Waals surface area (Å²) in [6.07, 6.45) is 3.70. The van der Waals surface area contributed by atoms with Gasteiger partial charge in [0.2, 0.25) is 0 Å². The van der Waals surface area contributed by atoms with E-state index in [-0.39, 0.29) is 34.6 Å². The molecule has 2 N–H and O–H groups in total. The first-order valence-corrected chi connectivity index (χ1v) is 17.0. The molecule has 0 unspecified atom stereocenters. The molecule has 4 heterocycles. The summed E-state index contributed by atoms with van der Waals surface area (Å²) in [5, 5.41) is 0. The summed E-state index contributed by atoms with van der Waals surface area (Å²) in [6.45, 7) is 6.96. The van der Waals surface area contributed by atoms with Crippen LogP contribution in [0.1, 0.15) is 49.9 Å². The quantitative estimate of drug-likeness (QED) is 0.351. The number of benzene rings is 1. The molecule has 3 saturated heterocycles. The van der Waals surface area contributed by atoms with Gasteiger partial charge in [-0.15, -0.1) is 0 Å². The summed E-state index contributed by atoms with van der Waals surface area (Å²) >= 11 is 0. The highest BCUT2D eigenvalue weighted by molar-refractivity contribution is 7.87. The molecule has 3 aliphatic rings. The highest BCUT2D eigenvalue weighted by Crippen LogP contribution is 2.45. The summed E-state index contributed by atoms with van der Waals surface area (Å²) < 4.78 is 81.1. The minimum atomic E-state index is -3.50. The molecule has 1 aromatic carbocycles. The van der Waals surface area contributed by atoms with Crippen LogP contribution in [0.3, 0.4) is 0 Å². The molecule has 3 fully saturated rings. The highest BCUT2D eigenvalue weighted by Gasteiger charge is 2.46. The van der Waals surface area contributed by atoms with Gasteiger partial charge in [0.15, 0.2) is 11.6 Å². The maximum Gasteiger partial charge on any atom is 0.276 e. The van der Waals surface area contributed by atoms with E-state index in [2.05, 4.69) is 29.2 Å². The largest absolute Gasteiger partial charge is 0.451 e. The van der Waals surface area contributed by atoms with Gasteiger partial charge in [0, 0.05) is 44.2 Å². The molecule has 2 aromatic rings. The van der Waals surface area contributed by atoms with Crippen molar-refractivity contribution in [1.29, 1.82) is 0 Å². The van der Waals surface area contributed by atoms with Gasteiger partial charge in [-0.05, 0) is 70.8 Å². The highest BCUT2D eigenvalue weighted by atomic mass is 32.2. The van der Waals surface area contributed by atoms with E-state index in [1.165, 1.54) is 25.6 Å². The van der Waals surface area contributed by atoms with Crippen LogP contribution >= 0.6 is 0 Å². The molecule has 1 amide bonds.